The number of carbonyl (C=O) groups excluding carboxylic acids is 1. The summed E-state index contributed by atoms with van der Waals surface area (Å²) >= 11 is 5.86. The molecule has 0 radical (unpaired) electrons. The average Bonchev–Trinajstić information content (AvgIpc) is 3.05. The van der Waals surface area contributed by atoms with Crippen LogP contribution < -0.4 is 5.43 Å². The lowest BCUT2D eigenvalue weighted by atomic mass is 10.2. The number of nitrogens with zero attached hydrogens (tertiary/aromatic N) is 2. The van der Waals surface area contributed by atoms with Crippen LogP contribution in [0.4, 0.5) is 0 Å². The minimum Gasteiger partial charge on any atom is -0.455 e. The van der Waals surface area contributed by atoms with Crippen molar-refractivity contribution in [1.29, 1.82) is 0 Å². The van der Waals surface area contributed by atoms with E-state index in [1.165, 1.54) is 6.21 Å². The maximum atomic E-state index is 11.8. The zero-order valence-corrected chi connectivity index (χ0v) is 12.7. The van der Waals surface area contributed by atoms with Crippen molar-refractivity contribution >= 4 is 23.7 Å². The quantitative estimate of drug-likeness (QED) is 0.586. The highest BCUT2D eigenvalue weighted by molar-refractivity contribution is 6.30. The topological polar surface area (TPSA) is 67.5 Å². The number of rotatable bonds is 4. The van der Waals surface area contributed by atoms with Crippen molar-refractivity contribution in [2.45, 2.75) is 0 Å². The summed E-state index contributed by atoms with van der Waals surface area (Å²) in [4.78, 5) is 15.7. The van der Waals surface area contributed by atoms with E-state index in [9.17, 15) is 4.79 Å². The summed E-state index contributed by atoms with van der Waals surface area (Å²) < 4.78 is 5.64. The fourth-order valence-corrected chi connectivity index (χ4v) is 2.03. The molecule has 0 aliphatic carbocycles. The molecule has 0 fully saturated rings. The number of hydrogen-bond acceptors (Lipinski definition) is 4. The molecule has 0 saturated heterocycles. The number of pyridine rings is 1. The monoisotopic (exact) mass is 325 g/mol. The Morgan fingerprint density at radius 3 is 2.70 bits per heavy atom. The highest BCUT2D eigenvalue weighted by atomic mass is 35.5. The van der Waals surface area contributed by atoms with Crippen LogP contribution >= 0.6 is 11.6 Å². The van der Waals surface area contributed by atoms with Crippen LogP contribution in [-0.2, 0) is 0 Å². The van der Waals surface area contributed by atoms with E-state index in [2.05, 4.69) is 15.5 Å². The first-order chi connectivity index (χ1) is 11.2. The molecule has 2 heterocycles. The summed E-state index contributed by atoms with van der Waals surface area (Å²) in [6.45, 7) is 0. The van der Waals surface area contributed by atoms with E-state index in [-0.39, 0.29) is 5.91 Å². The Kier molecular flexibility index (Phi) is 4.49. The molecule has 0 saturated carbocycles. The second-order valence-corrected chi connectivity index (χ2v) is 5.06. The van der Waals surface area contributed by atoms with E-state index < -0.39 is 0 Å². The van der Waals surface area contributed by atoms with Gasteiger partial charge < -0.3 is 4.42 Å². The molecule has 3 rings (SSSR count). The number of amides is 1. The molecule has 5 nitrogen and oxygen atoms in total. The summed E-state index contributed by atoms with van der Waals surface area (Å²) in [5, 5.41) is 4.53. The van der Waals surface area contributed by atoms with Crippen LogP contribution in [0, 0.1) is 0 Å². The minimum atomic E-state index is -0.383. The van der Waals surface area contributed by atoms with Crippen LogP contribution in [0.2, 0.25) is 5.02 Å². The molecule has 0 aliphatic heterocycles. The Morgan fingerprint density at radius 1 is 1.13 bits per heavy atom. The lowest BCUT2D eigenvalue weighted by Crippen LogP contribution is -2.18. The molecule has 1 amide bonds. The lowest BCUT2D eigenvalue weighted by Gasteiger charge is -1.97. The maximum Gasteiger partial charge on any atom is 0.289 e. The van der Waals surface area contributed by atoms with E-state index in [1.807, 2.05) is 18.2 Å². The predicted molar refractivity (Wildman–Crippen MR) is 88.5 cm³/mol. The van der Waals surface area contributed by atoms with Crippen LogP contribution in [0.25, 0.3) is 11.3 Å². The summed E-state index contributed by atoms with van der Waals surface area (Å²) in [5.74, 6) is 0.835. The molecule has 0 atom stereocenters. The zero-order chi connectivity index (χ0) is 16.1. The van der Waals surface area contributed by atoms with E-state index in [0.717, 1.165) is 5.56 Å². The normalized spacial score (nSPS) is 10.8. The van der Waals surface area contributed by atoms with E-state index in [0.29, 0.717) is 22.2 Å². The molecule has 3 aromatic rings. The molecule has 114 valence electrons. The van der Waals surface area contributed by atoms with Crippen molar-refractivity contribution < 1.29 is 9.21 Å². The number of carbonyl (C=O) groups is 1. The van der Waals surface area contributed by atoms with Crippen molar-refractivity contribution in [3.05, 3.63) is 77.3 Å². The molecule has 0 aliphatic rings. The molecule has 0 unspecified atom stereocenters. The Bertz CT molecular complexity index is 827. The average molecular weight is 326 g/mol. The summed E-state index contributed by atoms with van der Waals surface area (Å²) in [7, 11) is 0. The highest BCUT2D eigenvalue weighted by Crippen LogP contribution is 2.23. The number of halogens is 1. The first-order valence-corrected chi connectivity index (χ1v) is 7.20. The number of aromatic nitrogens is 1. The SMILES string of the molecule is O=C(NN=Cc1ccc(-c2ccc(Cl)cc2)o1)c1ccccn1. The van der Waals surface area contributed by atoms with Crippen molar-refractivity contribution in [3.63, 3.8) is 0 Å². The van der Waals surface area contributed by atoms with Crippen molar-refractivity contribution in [2.24, 2.45) is 5.10 Å². The van der Waals surface area contributed by atoms with Crippen LogP contribution in [0.15, 0.2) is 70.3 Å². The maximum absolute atomic E-state index is 11.8. The van der Waals surface area contributed by atoms with Crippen molar-refractivity contribution in [1.82, 2.24) is 10.4 Å². The molecular formula is C17H12ClN3O2. The van der Waals surface area contributed by atoms with Gasteiger partial charge in [0.05, 0.1) is 6.21 Å². The van der Waals surface area contributed by atoms with Gasteiger partial charge in [0.2, 0.25) is 0 Å². The molecule has 1 N–H and O–H groups in total. The van der Waals surface area contributed by atoms with Gasteiger partial charge in [-0.3, -0.25) is 9.78 Å². The largest absolute Gasteiger partial charge is 0.455 e. The number of hydrogen-bond donors (Lipinski definition) is 1. The third kappa shape index (κ3) is 3.84. The second-order valence-electron chi connectivity index (χ2n) is 4.62. The Morgan fingerprint density at radius 2 is 1.96 bits per heavy atom. The van der Waals surface area contributed by atoms with Gasteiger partial charge in [0.1, 0.15) is 17.2 Å². The van der Waals surface area contributed by atoms with Gasteiger partial charge in [-0.2, -0.15) is 5.10 Å². The fraction of sp³-hybridized carbons (Fsp3) is 0. The van der Waals surface area contributed by atoms with Gasteiger partial charge in [0, 0.05) is 16.8 Å². The van der Waals surface area contributed by atoms with E-state index in [4.69, 9.17) is 16.0 Å². The first-order valence-electron chi connectivity index (χ1n) is 6.82. The van der Waals surface area contributed by atoms with Crippen molar-refractivity contribution in [2.75, 3.05) is 0 Å². The van der Waals surface area contributed by atoms with Crippen LogP contribution in [0.3, 0.4) is 0 Å². The Balaban J connectivity index is 1.65. The summed E-state index contributed by atoms with van der Waals surface area (Å²) in [6, 6.07) is 16.0. The second kappa shape index (κ2) is 6.89. The molecule has 6 heteroatoms. The Labute approximate surface area is 137 Å². The van der Waals surface area contributed by atoms with Crippen LogP contribution in [-0.4, -0.2) is 17.1 Å². The molecule has 23 heavy (non-hydrogen) atoms. The van der Waals surface area contributed by atoms with E-state index >= 15 is 0 Å². The van der Waals surface area contributed by atoms with Gasteiger partial charge in [-0.15, -0.1) is 0 Å². The predicted octanol–water partition coefficient (Wildman–Crippen LogP) is 3.76. The van der Waals surface area contributed by atoms with Gasteiger partial charge >= 0.3 is 0 Å². The summed E-state index contributed by atoms with van der Waals surface area (Å²) in [6.07, 6.45) is 2.98. The molecular weight excluding hydrogens is 314 g/mol. The number of furan rings is 1. The lowest BCUT2D eigenvalue weighted by molar-refractivity contribution is 0.0950. The van der Waals surface area contributed by atoms with Crippen LogP contribution in [0.5, 0.6) is 0 Å². The first kappa shape index (κ1) is 15.0. The minimum absolute atomic E-state index is 0.297. The number of benzene rings is 1. The third-order valence-corrected chi connectivity index (χ3v) is 3.26. The third-order valence-electron chi connectivity index (χ3n) is 3.01. The smallest absolute Gasteiger partial charge is 0.289 e. The highest BCUT2D eigenvalue weighted by Gasteiger charge is 2.05. The van der Waals surface area contributed by atoms with Crippen molar-refractivity contribution in [3.8, 4) is 11.3 Å². The standard InChI is InChI=1S/C17H12ClN3O2/c18-13-6-4-12(5-7-13)16-9-8-14(23-16)11-20-21-17(22)15-3-1-2-10-19-15/h1-11H,(H,21,22). The van der Waals surface area contributed by atoms with Crippen LogP contribution in [0.1, 0.15) is 16.2 Å². The molecule has 2 aromatic heterocycles. The Hall–Kier alpha value is -2.92. The molecule has 0 bridgehead atoms. The molecule has 1 aromatic carbocycles. The van der Waals surface area contributed by atoms with Gasteiger partial charge in [-0.25, -0.2) is 5.43 Å². The van der Waals surface area contributed by atoms with Gasteiger partial charge in [0.25, 0.3) is 5.91 Å². The van der Waals surface area contributed by atoms with Gasteiger partial charge in [-0.1, -0.05) is 17.7 Å². The van der Waals surface area contributed by atoms with Gasteiger partial charge in [0.15, 0.2) is 0 Å². The fourth-order valence-electron chi connectivity index (χ4n) is 1.90. The molecule has 0 spiro atoms. The van der Waals surface area contributed by atoms with E-state index in [1.54, 1.807) is 42.6 Å². The number of hydrazone groups is 1. The van der Waals surface area contributed by atoms with Gasteiger partial charge in [-0.05, 0) is 48.5 Å². The number of nitrogens with one attached hydrogen (secondary N) is 1. The zero-order valence-electron chi connectivity index (χ0n) is 11.9. The summed E-state index contributed by atoms with van der Waals surface area (Å²) in [5.41, 5.74) is 3.60.